The standard InChI is InChI=1S/C17H11Cl2NO2/c18-15-7-4-13(11-16(15)19)17(21)8-3-12-1-5-14(6-2-12)22-10-9-20/h1-8,11H,10H2/b8-3+. The Bertz CT molecular complexity index is 746. The lowest BCUT2D eigenvalue weighted by Crippen LogP contribution is -1.94. The molecule has 0 radical (unpaired) electrons. The molecule has 0 bridgehead atoms. The lowest BCUT2D eigenvalue weighted by molar-refractivity contribution is 0.104. The zero-order valence-corrected chi connectivity index (χ0v) is 12.9. The minimum atomic E-state index is -0.164. The summed E-state index contributed by atoms with van der Waals surface area (Å²) in [5.74, 6) is 0.442. The van der Waals surface area contributed by atoms with Gasteiger partial charge in [0.25, 0.3) is 0 Å². The van der Waals surface area contributed by atoms with Crippen LogP contribution >= 0.6 is 23.2 Å². The fourth-order valence-corrected chi connectivity index (χ4v) is 2.01. The highest BCUT2D eigenvalue weighted by molar-refractivity contribution is 6.42. The van der Waals surface area contributed by atoms with Gasteiger partial charge in [-0.2, -0.15) is 5.26 Å². The first-order valence-electron chi connectivity index (χ1n) is 6.37. The van der Waals surface area contributed by atoms with Gasteiger partial charge in [-0.25, -0.2) is 0 Å². The molecule has 0 aliphatic carbocycles. The summed E-state index contributed by atoms with van der Waals surface area (Å²) in [4.78, 5) is 12.0. The molecule has 0 N–H and O–H groups in total. The molecule has 5 heteroatoms. The van der Waals surface area contributed by atoms with Crippen molar-refractivity contribution in [2.75, 3.05) is 6.61 Å². The number of nitrogens with zero attached hydrogens (tertiary/aromatic N) is 1. The van der Waals surface area contributed by atoms with E-state index in [0.717, 1.165) is 5.56 Å². The van der Waals surface area contributed by atoms with Gasteiger partial charge >= 0.3 is 0 Å². The highest BCUT2D eigenvalue weighted by Crippen LogP contribution is 2.23. The van der Waals surface area contributed by atoms with Gasteiger partial charge in [0.05, 0.1) is 10.0 Å². The largest absolute Gasteiger partial charge is 0.479 e. The van der Waals surface area contributed by atoms with Gasteiger partial charge in [-0.15, -0.1) is 0 Å². The van der Waals surface area contributed by atoms with E-state index in [9.17, 15) is 4.79 Å². The zero-order chi connectivity index (χ0) is 15.9. The van der Waals surface area contributed by atoms with Gasteiger partial charge in [0.1, 0.15) is 11.8 Å². The Balaban J connectivity index is 2.06. The Kier molecular flexibility index (Phi) is 5.60. The molecule has 110 valence electrons. The van der Waals surface area contributed by atoms with E-state index in [4.69, 9.17) is 33.2 Å². The van der Waals surface area contributed by atoms with Crippen LogP contribution in [0.3, 0.4) is 0 Å². The third-order valence-corrected chi connectivity index (χ3v) is 3.55. The Morgan fingerprint density at radius 1 is 1.14 bits per heavy atom. The van der Waals surface area contributed by atoms with Crippen LogP contribution in [0.15, 0.2) is 48.5 Å². The van der Waals surface area contributed by atoms with Gasteiger partial charge in [0.2, 0.25) is 0 Å². The zero-order valence-electron chi connectivity index (χ0n) is 11.4. The molecule has 2 aromatic rings. The summed E-state index contributed by atoms with van der Waals surface area (Å²) in [5.41, 5.74) is 1.32. The van der Waals surface area contributed by atoms with Crippen molar-refractivity contribution in [2.45, 2.75) is 0 Å². The average Bonchev–Trinajstić information content (AvgIpc) is 2.54. The van der Waals surface area contributed by atoms with Gasteiger partial charge in [-0.3, -0.25) is 4.79 Å². The third-order valence-electron chi connectivity index (χ3n) is 2.81. The number of benzene rings is 2. The Morgan fingerprint density at radius 3 is 2.50 bits per heavy atom. The molecule has 0 spiro atoms. The maximum Gasteiger partial charge on any atom is 0.185 e. The van der Waals surface area contributed by atoms with E-state index in [1.807, 2.05) is 6.07 Å². The van der Waals surface area contributed by atoms with E-state index in [1.54, 1.807) is 42.5 Å². The van der Waals surface area contributed by atoms with E-state index >= 15 is 0 Å². The summed E-state index contributed by atoms with van der Waals surface area (Å²) < 4.78 is 5.15. The molecule has 0 heterocycles. The van der Waals surface area contributed by atoms with Crippen LogP contribution in [0.2, 0.25) is 10.0 Å². The van der Waals surface area contributed by atoms with Crippen molar-refractivity contribution < 1.29 is 9.53 Å². The first kappa shape index (κ1) is 16.1. The van der Waals surface area contributed by atoms with Crippen LogP contribution in [-0.2, 0) is 0 Å². The highest BCUT2D eigenvalue weighted by Gasteiger charge is 2.05. The number of hydrogen-bond donors (Lipinski definition) is 0. The number of ketones is 1. The fourth-order valence-electron chi connectivity index (χ4n) is 1.71. The second-order valence-electron chi connectivity index (χ2n) is 4.34. The van der Waals surface area contributed by atoms with Gasteiger partial charge < -0.3 is 4.74 Å². The van der Waals surface area contributed by atoms with Crippen LogP contribution in [-0.4, -0.2) is 12.4 Å². The highest BCUT2D eigenvalue weighted by atomic mass is 35.5. The predicted molar refractivity (Wildman–Crippen MR) is 87.4 cm³/mol. The van der Waals surface area contributed by atoms with Crippen LogP contribution in [0.4, 0.5) is 0 Å². The quantitative estimate of drug-likeness (QED) is 0.584. The summed E-state index contributed by atoms with van der Waals surface area (Å²) in [7, 11) is 0. The first-order valence-corrected chi connectivity index (χ1v) is 7.13. The summed E-state index contributed by atoms with van der Waals surface area (Å²) >= 11 is 11.7. The van der Waals surface area contributed by atoms with Crippen LogP contribution < -0.4 is 4.74 Å². The molecule has 0 atom stereocenters. The third kappa shape index (κ3) is 4.36. The smallest absolute Gasteiger partial charge is 0.185 e. The monoisotopic (exact) mass is 331 g/mol. The topological polar surface area (TPSA) is 50.1 Å². The van der Waals surface area contributed by atoms with E-state index in [2.05, 4.69) is 0 Å². The number of nitriles is 1. The maximum absolute atomic E-state index is 12.0. The molecule has 22 heavy (non-hydrogen) atoms. The normalized spacial score (nSPS) is 10.4. The average molecular weight is 332 g/mol. The minimum Gasteiger partial charge on any atom is -0.479 e. The molecule has 2 rings (SSSR count). The lowest BCUT2D eigenvalue weighted by atomic mass is 10.1. The molecule has 0 aliphatic rings. The molecule has 2 aromatic carbocycles. The molecule has 0 unspecified atom stereocenters. The molecular formula is C17H11Cl2NO2. The van der Waals surface area contributed by atoms with Crippen LogP contribution in [0.1, 0.15) is 15.9 Å². The number of allylic oxidation sites excluding steroid dienone is 1. The molecule has 0 amide bonds. The number of carbonyl (C=O) groups is 1. The SMILES string of the molecule is N#CCOc1ccc(/C=C/C(=O)c2ccc(Cl)c(Cl)c2)cc1. The van der Waals surface area contributed by atoms with Crippen molar-refractivity contribution in [3.05, 3.63) is 69.7 Å². The van der Waals surface area contributed by atoms with E-state index in [-0.39, 0.29) is 12.4 Å². The van der Waals surface area contributed by atoms with Gasteiger partial charge in [0.15, 0.2) is 12.4 Å². The van der Waals surface area contributed by atoms with Crippen LogP contribution in [0.5, 0.6) is 5.75 Å². The second-order valence-corrected chi connectivity index (χ2v) is 5.16. The Labute approximate surface area is 138 Å². The number of hydrogen-bond acceptors (Lipinski definition) is 3. The summed E-state index contributed by atoms with van der Waals surface area (Å²) in [6.45, 7) is 0.00496. The maximum atomic E-state index is 12.0. The van der Waals surface area contributed by atoms with Gasteiger partial charge in [-0.05, 0) is 42.0 Å². The van der Waals surface area contributed by atoms with Crippen molar-refractivity contribution in [1.29, 1.82) is 5.26 Å². The predicted octanol–water partition coefficient (Wildman–Crippen LogP) is 4.79. The molecule has 0 aliphatic heterocycles. The molecule has 0 saturated heterocycles. The molecular weight excluding hydrogens is 321 g/mol. The second kappa shape index (κ2) is 7.65. The summed E-state index contributed by atoms with van der Waals surface area (Å²) in [5, 5.41) is 9.19. The van der Waals surface area contributed by atoms with Gasteiger partial charge in [-0.1, -0.05) is 41.4 Å². The number of halogens is 2. The molecule has 3 nitrogen and oxygen atoms in total. The van der Waals surface area contributed by atoms with Crippen molar-refractivity contribution in [1.82, 2.24) is 0 Å². The Hall–Kier alpha value is -2.28. The van der Waals surface area contributed by atoms with E-state index in [0.29, 0.717) is 21.4 Å². The minimum absolute atomic E-state index is 0.00496. The molecule has 0 aromatic heterocycles. The fraction of sp³-hybridized carbons (Fsp3) is 0.0588. The van der Waals surface area contributed by atoms with Crippen molar-refractivity contribution >= 4 is 35.1 Å². The number of carbonyl (C=O) groups excluding carboxylic acids is 1. The number of rotatable bonds is 5. The Morgan fingerprint density at radius 2 is 1.86 bits per heavy atom. The first-order chi connectivity index (χ1) is 10.6. The van der Waals surface area contributed by atoms with Crippen LogP contribution in [0, 0.1) is 11.3 Å². The van der Waals surface area contributed by atoms with Crippen molar-refractivity contribution in [3.63, 3.8) is 0 Å². The lowest BCUT2D eigenvalue weighted by Gasteiger charge is -2.01. The molecule has 0 fully saturated rings. The number of ether oxygens (including phenoxy) is 1. The van der Waals surface area contributed by atoms with E-state index in [1.165, 1.54) is 12.1 Å². The summed E-state index contributed by atoms with van der Waals surface area (Å²) in [6, 6.07) is 13.7. The van der Waals surface area contributed by atoms with Crippen molar-refractivity contribution in [2.24, 2.45) is 0 Å². The van der Waals surface area contributed by atoms with Crippen LogP contribution in [0.25, 0.3) is 6.08 Å². The van der Waals surface area contributed by atoms with Gasteiger partial charge in [0, 0.05) is 5.56 Å². The summed E-state index contributed by atoms with van der Waals surface area (Å²) in [6.07, 6.45) is 3.16. The molecule has 0 saturated carbocycles. The van der Waals surface area contributed by atoms with Crippen molar-refractivity contribution in [3.8, 4) is 11.8 Å². The van der Waals surface area contributed by atoms with E-state index < -0.39 is 0 Å².